The van der Waals surface area contributed by atoms with Gasteiger partial charge in [-0.15, -0.1) is 11.8 Å². The Morgan fingerprint density at radius 1 is 0.900 bits per heavy atom. The van der Waals surface area contributed by atoms with Crippen molar-refractivity contribution in [3.63, 3.8) is 0 Å². The molecule has 0 amide bonds. The molecule has 3 unspecified atom stereocenters. The minimum Gasteiger partial charge on any atom is -0.385 e. The summed E-state index contributed by atoms with van der Waals surface area (Å²) in [6, 6.07) is 18.6. The second kappa shape index (κ2) is 12.4. The molecule has 50 heavy (non-hydrogen) atoms. The van der Waals surface area contributed by atoms with Crippen molar-refractivity contribution >= 4 is 11.8 Å². The molecule has 4 fully saturated rings. The maximum atomic E-state index is 17.0. The van der Waals surface area contributed by atoms with Crippen molar-refractivity contribution in [3.05, 3.63) is 102 Å². The standard InChI is InChI=1S/C42H51F3O4S/c1-6-40(43,42(44,45)7-2)41(47)22-19-33-31-17-20-38(46)25-39(48-26-36(3,4)27-49-39)21-18-34(38)35(31)32(23-37(33,41)5)29-13-15-30(16-14-29)50-24-28-11-9-8-10-12-28/h6-16,31-33,46-47H,1-2,17-27H2,3-5H3/t31?,32-,33?,37+,38-,40?,41+/m1/s1. The number of thioether (sulfide) groups is 1. The van der Waals surface area contributed by atoms with E-state index in [-0.39, 0.29) is 36.0 Å². The molecule has 1 aliphatic heterocycles. The zero-order chi connectivity index (χ0) is 35.8. The van der Waals surface area contributed by atoms with Crippen molar-refractivity contribution in [1.29, 1.82) is 0 Å². The van der Waals surface area contributed by atoms with Crippen molar-refractivity contribution in [2.24, 2.45) is 22.7 Å². The first-order chi connectivity index (χ1) is 23.5. The van der Waals surface area contributed by atoms with Crippen LogP contribution in [0.1, 0.15) is 89.2 Å². The Labute approximate surface area is 299 Å². The van der Waals surface area contributed by atoms with Gasteiger partial charge < -0.3 is 19.7 Å². The lowest BCUT2D eigenvalue weighted by Gasteiger charge is -2.60. The first-order valence-corrected chi connectivity index (χ1v) is 19.1. The van der Waals surface area contributed by atoms with Gasteiger partial charge >= 0.3 is 5.92 Å². The zero-order valence-corrected chi connectivity index (χ0v) is 30.3. The van der Waals surface area contributed by atoms with Crippen molar-refractivity contribution < 1.29 is 32.9 Å². The predicted octanol–water partition coefficient (Wildman–Crippen LogP) is 9.72. The van der Waals surface area contributed by atoms with Crippen LogP contribution in [0.4, 0.5) is 13.2 Å². The molecule has 2 N–H and O–H groups in total. The summed E-state index contributed by atoms with van der Waals surface area (Å²) in [7, 11) is 0. The van der Waals surface area contributed by atoms with E-state index >= 15 is 13.2 Å². The van der Waals surface area contributed by atoms with Gasteiger partial charge in [0.05, 0.1) is 18.8 Å². The molecule has 4 aliphatic carbocycles. The van der Waals surface area contributed by atoms with E-state index in [4.69, 9.17) is 9.47 Å². The molecular weight excluding hydrogens is 658 g/mol. The Kier molecular flexibility index (Phi) is 8.91. The number of halogens is 3. The normalized spacial score (nSPS) is 35.8. The third-order valence-electron chi connectivity index (χ3n) is 13.2. The molecule has 4 nitrogen and oxygen atoms in total. The van der Waals surface area contributed by atoms with Crippen LogP contribution >= 0.6 is 11.8 Å². The quantitative estimate of drug-likeness (QED) is 0.211. The van der Waals surface area contributed by atoms with E-state index in [1.54, 1.807) is 11.8 Å². The Balaban J connectivity index is 1.29. The molecule has 2 aromatic carbocycles. The molecular formula is C42H51F3O4S. The smallest absolute Gasteiger partial charge is 0.305 e. The number of hydrogen-bond donors (Lipinski definition) is 2. The zero-order valence-electron chi connectivity index (χ0n) is 29.5. The Hall–Kier alpha value is -2.36. The molecule has 7 rings (SSSR count). The second-order valence-corrected chi connectivity index (χ2v) is 17.8. The van der Waals surface area contributed by atoms with Crippen LogP contribution in [-0.4, -0.2) is 52.0 Å². The van der Waals surface area contributed by atoms with Gasteiger partial charge in [0.25, 0.3) is 0 Å². The molecule has 1 saturated heterocycles. The van der Waals surface area contributed by atoms with Crippen LogP contribution in [-0.2, 0) is 15.2 Å². The number of benzene rings is 2. The van der Waals surface area contributed by atoms with Gasteiger partial charge in [0.2, 0.25) is 5.67 Å². The molecule has 270 valence electrons. The van der Waals surface area contributed by atoms with Crippen molar-refractivity contribution in [3.8, 4) is 0 Å². The number of aliphatic hydroxyl groups is 2. The van der Waals surface area contributed by atoms with Gasteiger partial charge in [0, 0.05) is 40.2 Å². The fourth-order valence-corrected chi connectivity index (χ4v) is 11.3. The molecule has 2 aromatic rings. The minimum atomic E-state index is -4.02. The number of ether oxygens (including phenoxy) is 2. The molecule has 7 atom stereocenters. The number of rotatable bonds is 8. The lowest BCUT2D eigenvalue weighted by atomic mass is 9.48. The SMILES string of the molecule is C=CC(F)(F)C(F)(C=C)[C@]1(O)CCC2C3CC[C@@]4(O)CC5(CCC4=C3[C@@H](c3ccc(SCc4ccccc4)cc3)C[C@@]21C)OCC(C)(C)CO5. The Morgan fingerprint density at radius 3 is 2.22 bits per heavy atom. The van der Waals surface area contributed by atoms with Crippen LogP contribution in [0.15, 0.2) is 95.9 Å². The van der Waals surface area contributed by atoms with E-state index < -0.39 is 34.0 Å². The maximum Gasteiger partial charge on any atom is 0.305 e. The van der Waals surface area contributed by atoms with Crippen molar-refractivity contribution in [1.82, 2.24) is 0 Å². The largest absolute Gasteiger partial charge is 0.385 e. The summed E-state index contributed by atoms with van der Waals surface area (Å²) >= 11 is 1.73. The first kappa shape index (κ1) is 36.0. The average molecular weight is 709 g/mol. The summed E-state index contributed by atoms with van der Waals surface area (Å²) in [6.45, 7) is 13.9. The first-order valence-electron chi connectivity index (χ1n) is 18.1. The fourth-order valence-electron chi connectivity index (χ4n) is 10.4. The third kappa shape index (κ3) is 5.50. The maximum absolute atomic E-state index is 17.0. The van der Waals surface area contributed by atoms with E-state index in [2.05, 4.69) is 63.4 Å². The molecule has 1 heterocycles. The minimum absolute atomic E-state index is 0.104. The van der Waals surface area contributed by atoms with Gasteiger partial charge in [0.15, 0.2) is 5.79 Å². The van der Waals surface area contributed by atoms with Gasteiger partial charge in [-0.05, 0) is 91.3 Å². The lowest BCUT2D eigenvalue weighted by Crippen LogP contribution is -2.67. The molecule has 0 aromatic heterocycles. The monoisotopic (exact) mass is 708 g/mol. The highest BCUT2D eigenvalue weighted by Crippen LogP contribution is 2.71. The third-order valence-corrected chi connectivity index (χ3v) is 14.3. The van der Waals surface area contributed by atoms with Gasteiger partial charge in [-0.2, -0.15) is 8.78 Å². The van der Waals surface area contributed by atoms with Crippen LogP contribution in [0.2, 0.25) is 0 Å². The second-order valence-electron chi connectivity index (χ2n) is 16.7. The van der Waals surface area contributed by atoms with Crippen LogP contribution in [0, 0.1) is 22.7 Å². The summed E-state index contributed by atoms with van der Waals surface area (Å²) in [5, 5.41) is 24.9. The molecule has 5 aliphatic rings. The summed E-state index contributed by atoms with van der Waals surface area (Å²) < 4.78 is 60.8. The van der Waals surface area contributed by atoms with E-state index in [0.29, 0.717) is 63.9 Å². The van der Waals surface area contributed by atoms with Crippen LogP contribution < -0.4 is 0 Å². The van der Waals surface area contributed by atoms with Crippen LogP contribution in [0.25, 0.3) is 0 Å². The molecule has 0 radical (unpaired) electrons. The van der Waals surface area contributed by atoms with E-state index in [9.17, 15) is 10.2 Å². The van der Waals surface area contributed by atoms with Crippen molar-refractivity contribution in [2.45, 2.75) is 117 Å². The average Bonchev–Trinajstić information content (AvgIpc) is 3.39. The molecule has 0 bridgehead atoms. The predicted molar refractivity (Wildman–Crippen MR) is 192 cm³/mol. The Bertz CT molecular complexity index is 1650. The molecule has 1 spiro atoms. The van der Waals surface area contributed by atoms with Gasteiger partial charge in [0.1, 0.15) is 5.60 Å². The summed E-state index contributed by atoms with van der Waals surface area (Å²) in [5.74, 6) is -4.73. The number of fused-ring (bicyclic) bond motifs is 4. The highest BCUT2D eigenvalue weighted by molar-refractivity contribution is 7.98. The summed E-state index contributed by atoms with van der Waals surface area (Å²) in [6.07, 6.45) is 4.05. The lowest BCUT2D eigenvalue weighted by molar-refractivity contribution is -0.322. The van der Waals surface area contributed by atoms with E-state index in [1.807, 2.05) is 25.1 Å². The van der Waals surface area contributed by atoms with Crippen LogP contribution in [0.3, 0.4) is 0 Å². The highest BCUT2D eigenvalue weighted by Gasteiger charge is 2.75. The van der Waals surface area contributed by atoms with E-state index in [0.717, 1.165) is 27.4 Å². The number of alkyl halides is 3. The number of allylic oxidation sites excluding steroid dienone is 2. The Morgan fingerprint density at radius 2 is 1.58 bits per heavy atom. The van der Waals surface area contributed by atoms with E-state index in [1.165, 1.54) is 5.56 Å². The van der Waals surface area contributed by atoms with Gasteiger partial charge in [-0.25, -0.2) is 4.39 Å². The van der Waals surface area contributed by atoms with Gasteiger partial charge in [-0.1, -0.05) is 82.0 Å². The molecule has 8 heteroatoms. The van der Waals surface area contributed by atoms with Crippen LogP contribution in [0.5, 0.6) is 0 Å². The van der Waals surface area contributed by atoms with Gasteiger partial charge in [-0.3, -0.25) is 0 Å². The highest BCUT2D eigenvalue weighted by atomic mass is 32.2. The van der Waals surface area contributed by atoms with Crippen molar-refractivity contribution in [2.75, 3.05) is 13.2 Å². The summed E-state index contributed by atoms with van der Waals surface area (Å²) in [5.41, 5.74) is -3.92. The fraction of sp³-hybridized carbons (Fsp3) is 0.571. The topological polar surface area (TPSA) is 58.9 Å². The summed E-state index contributed by atoms with van der Waals surface area (Å²) in [4.78, 5) is 1.10. The number of hydrogen-bond acceptors (Lipinski definition) is 5. The molecule has 3 saturated carbocycles.